The molecule has 0 aliphatic heterocycles. The zero-order valence-corrected chi connectivity index (χ0v) is 7.80. The molecule has 1 saturated carbocycles. The zero-order chi connectivity index (χ0) is 8.43. The van der Waals surface area contributed by atoms with Gasteiger partial charge in [0, 0.05) is 6.04 Å². The highest BCUT2D eigenvalue weighted by Gasteiger charge is 2.41. The third kappa shape index (κ3) is 1.94. The van der Waals surface area contributed by atoms with Crippen LogP contribution in [0.4, 0.5) is 0 Å². The molecule has 1 rings (SSSR count). The van der Waals surface area contributed by atoms with Crippen LogP contribution in [0.3, 0.4) is 0 Å². The Kier molecular flexibility index (Phi) is 2.90. The predicted molar refractivity (Wildman–Crippen MR) is 47.8 cm³/mol. The van der Waals surface area contributed by atoms with Crippen LogP contribution in [-0.2, 0) is 0 Å². The fraction of sp³-hybridized carbons (Fsp3) is 1.00. The van der Waals surface area contributed by atoms with Crippen LogP contribution in [0.1, 0.15) is 33.6 Å². The van der Waals surface area contributed by atoms with Gasteiger partial charge >= 0.3 is 0 Å². The SMILES string of the molecule is CC[C@@H]1C[C@H]1C(NN)C(C)C. The van der Waals surface area contributed by atoms with E-state index in [0.29, 0.717) is 12.0 Å². The first-order valence-corrected chi connectivity index (χ1v) is 4.66. The fourth-order valence-electron chi connectivity index (χ4n) is 1.99. The molecule has 0 amide bonds. The van der Waals surface area contributed by atoms with Crippen molar-refractivity contribution in [2.75, 3.05) is 0 Å². The van der Waals surface area contributed by atoms with Crippen LogP contribution in [0.15, 0.2) is 0 Å². The van der Waals surface area contributed by atoms with Crippen LogP contribution in [-0.4, -0.2) is 6.04 Å². The van der Waals surface area contributed by atoms with Crippen LogP contribution in [0.25, 0.3) is 0 Å². The molecule has 2 nitrogen and oxygen atoms in total. The number of hydrazine groups is 1. The first-order chi connectivity index (χ1) is 5.20. The molecule has 66 valence electrons. The molecule has 1 aliphatic carbocycles. The molecule has 0 saturated heterocycles. The van der Waals surface area contributed by atoms with Crippen molar-refractivity contribution in [1.29, 1.82) is 0 Å². The maximum Gasteiger partial charge on any atom is 0.0264 e. The highest BCUT2D eigenvalue weighted by molar-refractivity contribution is 4.94. The first kappa shape index (κ1) is 9.01. The van der Waals surface area contributed by atoms with E-state index in [0.717, 1.165) is 11.8 Å². The third-order valence-corrected chi connectivity index (χ3v) is 2.87. The Balaban J connectivity index is 2.33. The smallest absolute Gasteiger partial charge is 0.0264 e. The largest absolute Gasteiger partial charge is 0.271 e. The molecule has 1 unspecified atom stereocenters. The normalized spacial score (nSPS) is 32.5. The van der Waals surface area contributed by atoms with E-state index in [1.807, 2.05) is 0 Å². The molecule has 1 fully saturated rings. The summed E-state index contributed by atoms with van der Waals surface area (Å²) in [6.45, 7) is 6.73. The van der Waals surface area contributed by atoms with Crippen LogP contribution >= 0.6 is 0 Å². The van der Waals surface area contributed by atoms with Gasteiger partial charge in [-0.25, -0.2) is 0 Å². The van der Waals surface area contributed by atoms with Crippen molar-refractivity contribution < 1.29 is 0 Å². The van der Waals surface area contributed by atoms with E-state index < -0.39 is 0 Å². The van der Waals surface area contributed by atoms with Gasteiger partial charge < -0.3 is 0 Å². The monoisotopic (exact) mass is 156 g/mol. The van der Waals surface area contributed by atoms with Gasteiger partial charge in [-0.3, -0.25) is 11.3 Å². The Bertz CT molecular complexity index is 123. The summed E-state index contributed by atoms with van der Waals surface area (Å²) in [5.41, 5.74) is 2.93. The average molecular weight is 156 g/mol. The maximum absolute atomic E-state index is 5.48. The summed E-state index contributed by atoms with van der Waals surface area (Å²) < 4.78 is 0. The second-order valence-corrected chi connectivity index (χ2v) is 4.00. The molecule has 3 N–H and O–H groups in total. The molecule has 0 bridgehead atoms. The van der Waals surface area contributed by atoms with Crippen LogP contribution in [0, 0.1) is 17.8 Å². The van der Waals surface area contributed by atoms with Gasteiger partial charge in [-0.15, -0.1) is 0 Å². The lowest BCUT2D eigenvalue weighted by molar-refractivity contribution is 0.351. The van der Waals surface area contributed by atoms with Crippen LogP contribution in [0.5, 0.6) is 0 Å². The van der Waals surface area contributed by atoms with Crippen LogP contribution in [0.2, 0.25) is 0 Å². The molecular weight excluding hydrogens is 136 g/mol. The Morgan fingerprint density at radius 2 is 2.18 bits per heavy atom. The van der Waals surface area contributed by atoms with Crippen molar-refractivity contribution >= 4 is 0 Å². The lowest BCUT2D eigenvalue weighted by Crippen LogP contribution is -2.41. The Hall–Kier alpha value is -0.0800. The number of nitrogens with two attached hydrogens (primary N) is 1. The minimum absolute atomic E-state index is 0.542. The number of rotatable bonds is 4. The zero-order valence-electron chi connectivity index (χ0n) is 7.80. The van der Waals surface area contributed by atoms with Crippen molar-refractivity contribution in [3.8, 4) is 0 Å². The molecular formula is C9H20N2. The minimum Gasteiger partial charge on any atom is -0.271 e. The van der Waals surface area contributed by atoms with Gasteiger partial charge in [-0.2, -0.15) is 0 Å². The van der Waals surface area contributed by atoms with Crippen LogP contribution < -0.4 is 11.3 Å². The average Bonchev–Trinajstić information content (AvgIpc) is 2.68. The van der Waals surface area contributed by atoms with E-state index in [-0.39, 0.29) is 0 Å². The highest BCUT2D eigenvalue weighted by atomic mass is 15.2. The molecule has 0 spiro atoms. The summed E-state index contributed by atoms with van der Waals surface area (Å²) in [5.74, 6) is 7.94. The highest BCUT2D eigenvalue weighted by Crippen LogP contribution is 2.44. The van der Waals surface area contributed by atoms with Crippen molar-refractivity contribution in [3.05, 3.63) is 0 Å². The molecule has 0 aromatic rings. The topological polar surface area (TPSA) is 38.0 Å². The Morgan fingerprint density at radius 3 is 2.45 bits per heavy atom. The number of nitrogens with one attached hydrogen (secondary N) is 1. The molecule has 11 heavy (non-hydrogen) atoms. The number of hydrogen-bond donors (Lipinski definition) is 2. The number of hydrogen-bond acceptors (Lipinski definition) is 2. The molecule has 3 atom stereocenters. The van der Waals surface area contributed by atoms with E-state index in [1.165, 1.54) is 12.8 Å². The molecule has 2 heteroatoms. The fourth-order valence-corrected chi connectivity index (χ4v) is 1.99. The van der Waals surface area contributed by atoms with E-state index >= 15 is 0 Å². The molecule has 0 heterocycles. The Labute approximate surface area is 69.5 Å². The van der Waals surface area contributed by atoms with E-state index in [1.54, 1.807) is 0 Å². The Morgan fingerprint density at radius 1 is 1.55 bits per heavy atom. The molecule has 0 aromatic carbocycles. The lowest BCUT2D eigenvalue weighted by atomic mass is 9.98. The molecule has 0 radical (unpaired) electrons. The van der Waals surface area contributed by atoms with Gasteiger partial charge in [-0.1, -0.05) is 27.2 Å². The van der Waals surface area contributed by atoms with E-state index in [9.17, 15) is 0 Å². The first-order valence-electron chi connectivity index (χ1n) is 4.66. The lowest BCUT2D eigenvalue weighted by Gasteiger charge is -2.19. The third-order valence-electron chi connectivity index (χ3n) is 2.87. The van der Waals surface area contributed by atoms with Gasteiger partial charge in [0.2, 0.25) is 0 Å². The van der Waals surface area contributed by atoms with Crippen molar-refractivity contribution in [3.63, 3.8) is 0 Å². The van der Waals surface area contributed by atoms with Crippen molar-refractivity contribution in [1.82, 2.24) is 5.43 Å². The summed E-state index contributed by atoms with van der Waals surface area (Å²) in [7, 11) is 0. The summed E-state index contributed by atoms with van der Waals surface area (Å²) in [4.78, 5) is 0. The second-order valence-electron chi connectivity index (χ2n) is 4.00. The van der Waals surface area contributed by atoms with Gasteiger partial charge in [0.25, 0.3) is 0 Å². The van der Waals surface area contributed by atoms with E-state index in [4.69, 9.17) is 5.84 Å². The van der Waals surface area contributed by atoms with Gasteiger partial charge in [0.15, 0.2) is 0 Å². The van der Waals surface area contributed by atoms with Gasteiger partial charge in [-0.05, 0) is 24.2 Å². The molecule has 1 aliphatic rings. The van der Waals surface area contributed by atoms with Crippen molar-refractivity contribution in [2.24, 2.45) is 23.6 Å². The summed E-state index contributed by atoms with van der Waals surface area (Å²) in [6.07, 6.45) is 2.69. The summed E-state index contributed by atoms with van der Waals surface area (Å²) in [6, 6.07) is 0.542. The molecule has 0 aromatic heterocycles. The van der Waals surface area contributed by atoms with Crippen molar-refractivity contribution in [2.45, 2.75) is 39.7 Å². The van der Waals surface area contributed by atoms with Gasteiger partial charge in [0.1, 0.15) is 0 Å². The maximum atomic E-state index is 5.48. The minimum atomic E-state index is 0.542. The summed E-state index contributed by atoms with van der Waals surface area (Å²) >= 11 is 0. The predicted octanol–water partition coefficient (Wildman–Crippen LogP) is 1.52. The quantitative estimate of drug-likeness (QED) is 0.478. The van der Waals surface area contributed by atoms with E-state index in [2.05, 4.69) is 26.2 Å². The standard InChI is InChI=1S/C9H20N2/c1-4-7-5-8(7)9(11-10)6(2)3/h6-9,11H,4-5,10H2,1-3H3/t7-,8-,9?/m1/s1. The second kappa shape index (κ2) is 3.55. The summed E-state index contributed by atoms with van der Waals surface area (Å²) in [5, 5.41) is 0. The van der Waals surface area contributed by atoms with Gasteiger partial charge in [0.05, 0.1) is 0 Å².